The molecule has 2 aromatic rings. The summed E-state index contributed by atoms with van der Waals surface area (Å²) < 4.78 is 0. The smallest absolute Gasteiger partial charge is 0.257 e. The van der Waals surface area contributed by atoms with Gasteiger partial charge in [0.05, 0.1) is 5.56 Å². The van der Waals surface area contributed by atoms with Crippen LogP contribution in [0.2, 0.25) is 0 Å². The molecule has 2 fully saturated rings. The Morgan fingerprint density at radius 3 is 2.73 bits per heavy atom. The van der Waals surface area contributed by atoms with Crippen molar-refractivity contribution in [3.8, 4) is 0 Å². The normalized spacial score (nSPS) is 19.5. The number of nitrogens with two attached hydrogens (primary N) is 1. The van der Waals surface area contributed by atoms with E-state index in [1.807, 2.05) is 17.0 Å². The SMILES string of the molecule is Nc1nc2ncccc2cc1C(=O)N1CCN(C2CC2)CC1. The molecule has 0 aromatic carbocycles. The lowest BCUT2D eigenvalue weighted by Crippen LogP contribution is -2.49. The van der Waals surface area contributed by atoms with Gasteiger partial charge in [-0.05, 0) is 31.0 Å². The quantitative estimate of drug-likeness (QED) is 0.899. The molecule has 3 heterocycles. The van der Waals surface area contributed by atoms with Crippen LogP contribution in [0.3, 0.4) is 0 Å². The molecule has 114 valence electrons. The number of piperazine rings is 1. The monoisotopic (exact) mass is 297 g/mol. The third-order valence-electron chi connectivity index (χ3n) is 4.51. The number of fused-ring (bicyclic) bond motifs is 1. The van der Waals surface area contributed by atoms with E-state index in [9.17, 15) is 4.79 Å². The molecule has 0 bridgehead atoms. The van der Waals surface area contributed by atoms with Crippen LogP contribution in [0.4, 0.5) is 5.82 Å². The fourth-order valence-corrected chi connectivity index (χ4v) is 3.09. The first-order chi connectivity index (χ1) is 10.7. The fourth-order valence-electron chi connectivity index (χ4n) is 3.09. The molecule has 2 aliphatic rings. The number of pyridine rings is 2. The summed E-state index contributed by atoms with van der Waals surface area (Å²) in [6.45, 7) is 3.44. The van der Waals surface area contributed by atoms with Crippen molar-refractivity contribution in [1.29, 1.82) is 0 Å². The van der Waals surface area contributed by atoms with Gasteiger partial charge in [-0.25, -0.2) is 9.97 Å². The Kier molecular flexibility index (Phi) is 3.18. The second kappa shape index (κ2) is 5.21. The third-order valence-corrected chi connectivity index (χ3v) is 4.51. The lowest BCUT2D eigenvalue weighted by atomic mass is 10.1. The summed E-state index contributed by atoms with van der Waals surface area (Å²) in [6.07, 6.45) is 4.29. The highest BCUT2D eigenvalue weighted by molar-refractivity contribution is 6.01. The van der Waals surface area contributed by atoms with E-state index < -0.39 is 0 Å². The second-order valence-corrected chi connectivity index (χ2v) is 6.03. The molecule has 0 spiro atoms. The number of carbonyl (C=O) groups excluding carboxylic acids is 1. The van der Waals surface area contributed by atoms with E-state index in [2.05, 4.69) is 14.9 Å². The Balaban J connectivity index is 1.56. The van der Waals surface area contributed by atoms with Crippen LogP contribution < -0.4 is 5.73 Å². The molecule has 0 unspecified atom stereocenters. The van der Waals surface area contributed by atoms with Crippen LogP contribution in [-0.2, 0) is 0 Å². The van der Waals surface area contributed by atoms with Gasteiger partial charge < -0.3 is 10.6 Å². The van der Waals surface area contributed by atoms with Crippen LogP contribution in [0.25, 0.3) is 11.0 Å². The first-order valence-corrected chi connectivity index (χ1v) is 7.77. The van der Waals surface area contributed by atoms with Gasteiger partial charge in [-0.1, -0.05) is 0 Å². The van der Waals surface area contributed by atoms with E-state index in [1.54, 1.807) is 12.3 Å². The molecule has 1 saturated carbocycles. The molecule has 1 aliphatic heterocycles. The summed E-state index contributed by atoms with van der Waals surface area (Å²) in [7, 11) is 0. The number of anilines is 1. The number of amides is 1. The van der Waals surface area contributed by atoms with Crippen molar-refractivity contribution in [2.24, 2.45) is 0 Å². The predicted molar refractivity (Wildman–Crippen MR) is 84.4 cm³/mol. The Bertz CT molecular complexity index is 720. The molecule has 0 radical (unpaired) electrons. The van der Waals surface area contributed by atoms with Crippen molar-refractivity contribution in [1.82, 2.24) is 19.8 Å². The highest BCUT2D eigenvalue weighted by atomic mass is 16.2. The van der Waals surface area contributed by atoms with Crippen LogP contribution in [0, 0.1) is 0 Å². The van der Waals surface area contributed by atoms with Crippen LogP contribution in [0.1, 0.15) is 23.2 Å². The zero-order valence-corrected chi connectivity index (χ0v) is 12.4. The standard InChI is InChI=1S/C16H19N5O/c17-14-13(10-11-2-1-5-18-15(11)19-14)16(22)21-8-6-20(7-9-21)12-3-4-12/h1-2,5,10,12H,3-4,6-9H2,(H2,17,18,19). The molecule has 1 amide bonds. The third kappa shape index (κ3) is 2.39. The number of rotatable bonds is 2. The van der Waals surface area contributed by atoms with E-state index >= 15 is 0 Å². The van der Waals surface area contributed by atoms with Crippen molar-refractivity contribution < 1.29 is 4.79 Å². The van der Waals surface area contributed by atoms with Gasteiger partial charge in [-0.15, -0.1) is 0 Å². The molecule has 6 nitrogen and oxygen atoms in total. The molecule has 22 heavy (non-hydrogen) atoms. The number of aromatic nitrogens is 2. The maximum Gasteiger partial charge on any atom is 0.257 e. The molecule has 0 atom stereocenters. The molecule has 1 saturated heterocycles. The summed E-state index contributed by atoms with van der Waals surface area (Å²) in [5.74, 6) is 0.243. The van der Waals surface area contributed by atoms with Crippen molar-refractivity contribution in [2.75, 3.05) is 31.9 Å². The van der Waals surface area contributed by atoms with E-state index in [-0.39, 0.29) is 11.7 Å². The Labute approximate surface area is 128 Å². The molecule has 1 aliphatic carbocycles. The molecular weight excluding hydrogens is 278 g/mol. The highest BCUT2D eigenvalue weighted by Gasteiger charge is 2.32. The largest absolute Gasteiger partial charge is 0.383 e. The highest BCUT2D eigenvalue weighted by Crippen LogP contribution is 2.28. The van der Waals surface area contributed by atoms with Gasteiger partial charge in [-0.2, -0.15) is 0 Å². The number of nitrogen functional groups attached to an aromatic ring is 1. The van der Waals surface area contributed by atoms with Crippen molar-refractivity contribution in [3.63, 3.8) is 0 Å². The molecule has 4 rings (SSSR count). The lowest BCUT2D eigenvalue weighted by molar-refractivity contribution is 0.0628. The maximum absolute atomic E-state index is 12.7. The van der Waals surface area contributed by atoms with Crippen LogP contribution in [-0.4, -0.2) is 57.9 Å². The average Bonchev–Trinajstić information content (AvgIpc) is 3.39. The zero-order chi connectivity index (χ0) is 15.1. The van der Waals surface area contributed by atoms with E-state index in [4.69, 9.17) is 5.73 Å². The first-order valence-electron chi connectivity index (χ1n) is 7.77. The topological polar surface area (TPSA) is 75.3 Å². The van der Waals surface area contributed by atoms with Crippen molar-refractivity contribution >= 4 is 22.8 Å². The predicted octanol–water partition coefficient (Wildman–Crippen LogP) is 1.13. The lowest BCUT2D eigenvalue weighted by Gasteiger charge is -2.35. The van der Waals surface area contributed by atoms with Crippen LogP contribution >= 0.6 is 0 Å². The molecule has 2 aromatic heterocycles. The summed E-state index contributed by atoms with van der Waals surface area (Å²) in [5, 5.41) is 0.844. The minimum absolute atomic E-state index is 0.0220. The van der Waals surface area contributed by atoms with Gasteiger partial charge >= 0.3 is 0 Å². The number of nitrogens with zero attached hydrogens (tertiary/aromatic N) is 4. The van der Waals surface area contributed by atoms with Gasteiger partial charge in [0.15, 0.2) is 5.65 Å². The first kappa shape index (κ1) is 13.5. The second-order valence-electron chi connectivity index (χ2n) is 6.03. The summed E-state index contributed by atoms with van der Waals surface area (Å²) in [6, 6.07) is 6.30. The number of carbonyl (C=O) groups is 1. The molecule has 2 N–H and O–H groups in total. The van der Waals surface area contributed by atoms with Crippen molar-refractivity contribution in [2.45, 2.75) is 18.9 Å². The Morgan fingerprint density at radius 1 is 1.23 bits per heavy atom. The summed E-state index contributed by atoms with van der Waals surface area (Å²) >= 11 is 0. The zero-order valence-electron chi connectivity index (χ0n) is 12.4. The average molecular weight is 297 g/mol. The number of hydrogen-bond donors (Lipinski definition) is 1. The van der Waals surface area contributed by atoms with E-state index in [0.29, 0.717) is 11.2 Å². The minimum atomic E-state index is -0.0220. The van der Waals surface area contributed by atoms with Gasteiger partial charge in [0, 0.05) is 43.8 Å². The van der Waals surface area contributed by atoms with Crippen LogP contribution in [0.5, 0.6) is 0 Å². The van der Waals surface area contributed by atoms with Crippen molar-refractivity contribution in [3.05, 3.63) is 30.0 Å². The maximum atomic E-state index is 12.7. The van der Waals surface area contributed by atoms with Gasteiger partial charge in [0.1, 0.15) is 5.82 Å². The molecular formula is C16H19N5O. The van der Waals surface area contributed by atoms with Gasteiger partial charge in [0.25, 0.3) is 5.91 Å². The van der Waals surface area contributed by atoms with E-state index in [1.165, 1.54) is 12.8 Å². The van der Waals surface area contributed by atoms with E-state index in [0.717, 1.165) is 37.6 Å². The minimum Gasteiger partial charge on any atom is -0.383 e. The molecule has 6 heteroatoms. The summed E-state index contributed by atoms with van der Waals surface area (Å²) in [4.78, 5) is 25.5. The fraction of sp³-hybridized carbons (Fsp3) is 0.438. The Hall–Kier alpha value is -2.21. The summed E-state index contributed by atoms with van der Waals surface area (Å²) in [5.41, 5.74) is 7.04. The van der Waals surface area contributed by atoms with Crippen LogP contribution in [0.15, 0.2) is 24.4 Å². The Morgan fingerprint density at radius 2 is 2.00 bits per heavy atom. The van der Waals surface area contributed by atoms with Gasteiger partial charge in [-0.3, -0.25) is 9.69 Å². The number of hydrogen-bond acceptors (Lipinski definition) is 5. The van der Waals surface area contributed by atoms with Gasteiger partial charge in [0.2, 0.25) is 0 Å².